The fourth-order valence-electron chi connectivity index (χ4n) is 3.74. The summed E-state index contributed by atoms with van der Waals surface area (Å²) in [6, 6.07) is 0.700. The largest absolute Gasteiger partial charge is 0.388 e. The van der Waals surface area contributed by atoms with E-state index in [1.54, 1.807) is 0 Å². The van der Waals surface area contributed by atoms with Gasteiger partial charge in [0.2, 0.25) is 0 Å². The lowest BCUT2D eigenvalue weighted by molar-refractivity contribution is 0.0313. The Bertz CT molecular complexity index is 295. The third-order valence-electron chi connectivity index (χ3n) is 5.51. The first kappa shape index (κ1) is 15.9. The van der Waals surface area contributed by atoms with E-state index in [0.717, 1.165) is 5.92 Å². The van der Waals surface area contributed by atoms with Crippen LogP contribution in [0.25, 0.3) is 0 Å². The Morgan fingerprint density at radius 3 is 2.40 bits per heavy atom. The summed E-state index contributed by atoms with van der Waals surface area (Å²) in [4.78, 5) is 2.78. The molecule has 0 radical (unpaired) electrons. The molecule has 20 heavy (non-hydrogen) atoms. The lowest BCUT2D eigenvalue weighted by Gasteiger charge is -2.48. The number of rotatable bonds is 5. The van der Waals surface area contributed by atoms with Gasteiger partial charge in [-0.15, -0.1) is 0 Å². The molecule has 1 heterocycles. The van der Waals surface area contributed by atoms with Crippen LogP contribution in [-0.2, 0) is 0 Å². The average molecular weight is 278 g/mol. The maximum absolute atomic E-state index is 3.59. The molecule has 0 aromatic carbocycles. The molecule has 0 spiro atoms. The van der Waals surface area contributed by atoms with E-state index in [1.165, 1.54) is 64.5 Å². The van der Waals surface area contributed by atoms with Gasteiger partial charge in [0.25, 0.3) is 0 Å². The second-order valence-corrected chi connectivity index (χ2v) is 7.30. The third-order valence-corrected chi connectivity index (χ3v) is 5.51. The highest BCUT2D eigenvalue weighted by atomic mass is 15.2. The van der Waals surface area contributed by atoms with Gasteiger partial charge in [0, 0.05) is 24.7 Å². The molecule has 1 N–H and O–H groups in total. The molecule has 2 heteroatoms. The highest BCUT2D eigenvalue weighted by molar-refractivity contribution is 4.94. The molecule has 1 saturated carbocycles. The van der Waals surface area contributed by atoms with Crippen molar-refractivity contribution in [3.8, 4) is 0 Å². The van der Waals surface area contributed by atoms with Crippen LogP contribution in [0.2, 0.25) is 0 Å². The SMILES string of the molecule is CCC/C=C\NC1CCN(C2(C)CCC(C)CC2)CC1. The second kappa shape index (κ2) is 7.49. The molecule has 2 fully saturated rings. The summed E-state index contributed by atoms with van der Waals surface area (Å²) < 4.78 is 0. The molecule has 1 saturated heterocycles. The highest BCUT2D eigenvalue weighted by Gasteiger charge is 2.36. The van der Waals surface area contributed by atoms with Crippen molar-refractivity contribution in [2.45, 2.75) is 83.7 Å². The number of hydrogen-bond acceptors (Lipinski definition) is 2. The number of piperidine rings is 1. The number of hydrogen-bond donors (Lipinski definition) is 1. The van der Waals surface area contributed by atoms with Gasteiger partial charge in [-0.2, -0.15) is 0 Å². The molecule has 0 atom stereocenters. The number of nitrogens with one attached hydrogen (secondary N) is 1. The van der Waals surface area contributed by atoms with Gasteiger partial charge in [-0.05, 0) is 64.0 Å². The van der Waals surface area contributed by atoms with E-state index in [2.05, 4.69) is 43.3 Å². The number of likely N-dealkylation sites (tertiary alicyclic amines) is 1. The molecular weight excluding hydrogens is 244 g/mol. The first-order chi connectivity index (χ1) is 9.64. The predicted molar refractivity (Wildman–Crippen MR) is 87.8 cm³/mol. The fourth-order valence-corrected chi connectivity index (χ4v) is 3.74. The summed E-state index contributed by atoms with van der Waals surface area (Å²) in [7, 11) is 0. The molecule has 0 aromatic rings. The maximum Gasteiger partial charge on any atom is 0.0280 e. The van der Waals surface area contributed by atoms with Gasteiger partial charge in [-0.3, -0.25) is 4.90 Å². The quantitative estimate of drug-likeness (QED) is 0.805. The van der Waals surface area contributed by atoms with Crippen molar-refractivity contribution in [2.75, 3.05) is 13.1 Å². The normalized spacial score (nSPS) is 33.6. The molecular formula is C18H34N2. The van der Waals surface area contributed by atoms with Crippen molar-refractivity contribution in [1.29, 1.82) is 0 Å². The maximum atomic E-state index is 3.59. The fraction of sp³-hybridized carbons (Fsp3) is 0.889. The van der Waals surface area contributed by atoms with E-state index in [9.17, 15) is 0 Å². The Balaban J connectivity index is 1.73. The Morgan fingerprint density at radius 2 is 1.80 bits per heavy atom. The molecule has 0 bridgehead atoms. The lowest BCUT2D eigenvalue weighted by atomic mass is 9.76. The number of allylic oxidation sites excluding steroid dienone is 1. The molecule has 0 unspecified atom stereocenters. The minimum absolute atomic E-state index is 0.496. The van der Waals surface area contributed by atoms with Gasteiger partial charge in [-0.25, -0.2) is 0 Å². The average Bonchev–Trinajstić information content (AvgIpc) is 2.48. The van der Waals surface area contributed by atoms with Crippen LogP contribution in [0.15, 0.2) is 12.3 Å². The van der Waals surface area contributed by atoms with Crippen LogP contribution in [0.5, 0.6) is 0 Å². The summed E-state index contributed by atoms with van der Waals surface area (Å²) >= 11 is 0. The Hall–Kier alpha value is -0.500. The van der Waals surface area contributed by atoms with Crippen molar-refractivity contribution in [2.24, 2.45) is 5.92 Å². The molecule has 2 rings (SSSR count). The van der Waals surface area contributed by atoms with E-state index in [0.29, 0.717) is 11.6 Å². The molecule has 0 aromatic heterocycles. The third kappa shape index (κ3) is 4.25. The van der Waals surface area contributed by atoms with Crippen molar-refractivity contribution < 1.29 is 0 Å². The topological polar surface area (TPSA) is 15.3 Å². The molecule has 2 nitrogen and oxygen atoms in total. The monoisotopic (exact) mass is 278 g/mol. The summed E-state index contributed by atoms with van der Waals surface area (Å²) in [5.74, 6) is 0.950. The van der Waals surface area contributed by atoms with E-state index in [4.69, 9.17) is 0 Å². The van der Waals surface area contributed by atoms with Crippen LogP contribution in [-0.4, -0.2) is 29.6 Å². The summed E-state index contributed by atoms with van der Waals surface area (Å²) in [6.45, 7) is 9.72. The second-order valence-electron chi connectivity index (χ2n) is 7.30. The van der Waals surface area contributed by atoms with Gasteiger partial charge in [-0.1, -0.05) is 26.3 Å². The zero-order valence-corrected chi connectivity index (χ0v) is 13.8. The molecule has 2 aliphatic rings. The first-order valence-corrected chi connectivity index (χ1v) is 8.80. The van der Waals surface area contributed by atoms with E-state index >= 15 is 0 Å². The van der Waals surface area contributed by atoms with Gasteiger partial charge < -0.3 is 5.32 Å². The first-order valence-electron chi connectivity index (χ1n) is 8.80. The summed E-state index contributed by atoms with van der Waals surface area (Å²) in [5.41, 5.74) is 0.496. The van der Waals surface area contributed by atoms with Gasteiger partial charge >= 0.3 is 0 Å². The number of unbranched alkanes of at least 4 members (excludes halogenated alkanes) is 1. The molecule has 1 aliphatic heterocycles. The van der Waals surface area contributed by atoms with Gasteiger partial charge in [0.15, 0.2) is 0 Å². The van der Waals surface area contributed by atoms with E-state index in [-0.39, 0.29) is 0 Å². The molecule has 116 valence electrons. The minimum Gasteiger partial charge on any atom is -0.388 e. The van der Waals surface area contributed by atoms with Crippen molar-refractivity contribution in [3.63, 3.8) is 0 Å². The van der Waals surface area contributed by atoms with E-state index in [1.807, 2.05) is 0 Å². The van der Waals surface area contributed by atoms with Crippen molar-refractivity contribution in [1.82, 2.24) is 10.2 Å². The molecule has 1 aliphatic carbocycles. The predicted octanol–water partition coefficient (Wildman–Crippen LogP) is 4.32. The lowest BCUT2D eigenvalue weighted by Crippen LogP contribution is -2.53. The van der Waals surface area contributed by atoms with Crippen LogP contribution in [0, 0.1) is 5.92 Å². The smallest absolute Gasteiger partial charge is 0.0280 e. The van der Waals surface area contributed by atoms with Crippen molar-refractivity contribution in [3.05, 3.63) is 12.3 Å². The Kier molecular flexibility index (Phi) is 5.95. The Labute approximate surface area is 126 Å². The van der Waals surface area contributed by atoms with Crippen molar-refractivity contribution >= 4 is 0 Å². The van der Waals surface area contributed by atoms with Gasteiger partial charge in [0.05, 0.1) is 0 Å². The highest BCUT2D eigenvalue weighted by Crippen LogP contribution is 2.37. The van der Waals surface area contributed by atoms with E-state index < -0.39 is 0 Å². The zero-order chi connectivity index (χ0) is 14.4. The zero-order valence-electron chi connectivity index (χ0n) is 13.8. The summed E-state index contributed by atoms with van der Waals surface area (Å²) in [6.07, 6.45) is 15.2. The van der Waals surface area contributed by atoms with Crippen LogP contribution >= 0.6 is 0 Å². The van der Waals surface area contributed by atoms with Crippen LogP contribution in [0.3, 0.4) is 0 Å². The summed E-state index contributed by atoms with van der Waals surface area (Å²) in [5, 5.41) is 3.59. The van der Waals surface area contributed by atoms with Crippen LogP contribution in [0.1, 0.15) is 72.1 Å². The van der Waals surface area contributed by atoms with Gasteiger partial charge in [0.1, 0.15) is 0 Å². The number of nitrogens with zero attached hydrogens (tertiary/aromatic N) is 1. The Morgan fingerprint density at radius 1 is 1.15 bits per heavy atom. The minimum atomic E-state index is 0.496. The van der Waals surface area contributed by atoms with Crippen LogP contribution < -0.4 is 5.32 Å². The van der Waals surface area contributed by atoms with Crippen LogP contribution in [0.4, 0.5) is 0 Å². The standard InChI is InChI=1S/C18H34N2/c1-4-5-6-13-19-17-9-14-20(15-10-17)18(3)11-7-16(2)8-12-18/h6,13,16-17,19H,4-5,7-12,14-15H2,1-3H3/b13-6-. The molecule has 0 amide bonds.